The van der Waals surface area contributed by atoms with Crippen molar-refractivity contribution in [3.63, 3.8) is 0 Å². The molecule has 60 valence electrons. The Bertz CT molecular complexity index is 377. The molecule has 5 heteroatoms. The molecule has 0 saturated heterocycles. The first-order chi connectivity index (χ1) is 5.90. The molecular weight excluding hydrogens is 158 g/mol. The average molecular weight is 163 g/mol. The van der Waals surface area contributed by atoms with Crippen LogP contribution in [0.4, 0.5) is 0 Å². The smallest absolute Gasteiger partial charge is 0.206 e. The lowest BCUT2D eigenvalue weighted by molar-refractivity contribution is 0.110. The molecule has 12 heavy (non-hydrogen) atoms. The van der Waals surface area contributed by atoms with Crippen molar-refractivity contribution in [2.24, 2.45) is 0 Å². The van der Waals surface area contributed by atoms with Gasteiger partial charge in [-0.2, -0.15) is 0 Å². The summed E-state index contributed by atoms with van der Waals surface area (Å²) < 4.78 is 6.67. The lowest BCUT2D eigenvalue weighted by Crippen LogP contribution is -1.85. The molecule has 0 amide bonds. The van der Waals surface area contributed by atoms with Crippen LogP contribution in [0.2, 0.25) is 0 Å². The topological polar surface area (TPSA) is 60.9 Å². The van der Waals surface area contributed by atoms with Crippen LogP contribution in [0.3, 0.4) is 0 Å². The van der Waals surface area contributed by atoms with Gasteiger partial charge in [0.05, 0.1) is 0 Å². The molecule has 2 aromatic rings. The monoisotopic (exact) mass is 163 g/mol. The Morgan fingerprint density at radius 3 is 2.67 bits per heavy atom. The van der Waals surface area contributed by atoms with Gasteiger partial charge in [0, 0.05) is 6.07 Å². The number of hydrogen-bond acceptors (Lipinski definition) is 4. The summed E-state index contributed by atoms with van der Waals surface area (Å²) in [6.07, 6.45) is 3.63. The van der Waals surface area contributed by atoms with Crippen molar-refractivity contribution in [3.8, 4) is 5.88 Å². The standard InChI is InChI=1S/C7H5N3O2/c11-3-6-1-2-7(12-6)10-4-8-9-5-10/h1-5H. The second-order valence-electron chi connectivity index (χ2n) is 2.16. The predicted octanol–water partition coefficient (Wildman–Crippen LogP) is 0.673. The van der Waals surface area contributed by atoms with Gasteiger partial charge in [-0.25, -0.2) is 0 Å². The van der Waals surface area contributed by atoms with E-state index in [1.165, 1.54) is 12.7 Å². The number of nitrogens with zero attached hydrogens (tertiary/aromatic N) is 3. The summed E-state index contributed by atoms with van der Waals surface area (Å²) in [5, 5.41) is 7.20. The van der Waals surface area contributed by atoms with Gasteiger partial charge in [-0.15, -0.1) is 10.2 Å². The van der Waals surface area contributed by atoms with Crippen LogP contribution < -0.4 is 0 Å². The summed E-state index contributed by atoms with van der Waals surface area (Å²) in [5.74, 6) is 0.820. The molecule has 0 atom stereocenters. The van der Waals surface area contributed by atoms with E-state index in [2.05, 4.69) is 10.2 Å². The van der Waals surface area contributed by atoms with E-state index < -0.39 is 0 Å². The second kappa shape index (κ2) is 2.61. The fourth-order valence-corrected chi connectivity index (χ4v) is 0.859. The van der Waals surface area contributed by atoms with Crippen LogP contribution >= 0.6 is 0 Å². The zero-order valence-corrected chi connectivity index (χ0v) is 6.04. The maximum Gasteiger partial charge on any atom is 0.206 e. The van der Waals surface area contributed by atoms with Gasteiger partial charge in [-0.3, -0.25) is 9.36 Å². The maximum atomic E-state index is 10.3. The SMILES string of the molecule is O=Cc1ccc(-n2cnnc2)o1. The molecule has 0 bridgehead atoms. The summed E-state index contributed by atoms with van der Waals surface area (Å²) in [5.41, 5.74) is 0. The predicted molar refractivity (Wildman–Crippen MR) is 39.0 cm³/mol. The molecular formula is C7H5N3O2. The van der Waals surface area contributed by atoms with Gasteiger partial charge in [0.1, 0.15) is 12.7 Å². The fraction of sp³-hybridized carbons (Fsp3) is 0. The van der Waals surface area contributed by atoms with E-state index in [1.54, 1.807) is 16.7 Å². The minimum atomic E-state index is 0.290. The van der Waals surface area contributed by atoms with Crippen LogP contribution in [0.1, 0.15) is 10.6 Å². The number of carbonyl (C=O) groups is 1. The third-order valence-corrected chi connectivity index (χ3v) is 1.40. The van der Waals surface area contributed by atoms with Crippen LogP contribution in [0.5, 0.6) is 0 Å². The molecule has 0 radical (unpaired) electrons. The summed E-state index contributed by atoms with van der Waals surface area (Å²) in [6.45, 7) is 0. The van der Waals surface area contributed by atoms with E-state index in [0.717, 1.165) is 0 Å². The van der Waals surface area contributed by atoms with Crippen molar-refractivity contribution >= 4 is 6.29 Å². The Kier molecular flexibility index (Phi) is 1.48. The van der Waals surface area contributed by atoms with E-state index in [9.17, 15) is 4.79 Å². The Balaban J connectivity index is 2.41. The Labute approximate surface area is 67.6 Å². The van der Waals surface area contributed by atoms with Gasteiger partial charge in [0.25, 0.3) is 0 Å². The normalized spacial score (nSPS) is 10.0. The van der Waals surface area contributed by atoms with Gasteiger partial charge < -0.3 is 4.42 Å². The van der Waals surface area contributed by atoms with E-state index in [1.807, 2.05) is 0 Å². The lowest BCUT2D eigenvalue weighted by Gasteiger charge is -1.90. The molecule has 0 aromatic carbocycles. The number of aromatic nitrogens is 3. The highest BCUT2D eigenvalue weighted by Gasteiger charge is 2.01. The third kappa shape index (κ3) is 1.01. The number of carbonyl (C=O) groups excluding carboxylic acids is 1. The Morgan fingerprint density at radius 2 is 2.08 bits per heavy atom. The zero-order valence-electron chi connectivity index (χ0n) is 6.04. The first kappa shape index (κ1) is 6.78. The highest BCUT2D eigenvalue weighted by molar-refractivity contribution is 5.70. The van der Waals surface area contributed by atoms with Gasteiger partial charge >= 0.3 is 0 Å². The molecule has 2 rings (SSSR count). The van der Waals surface area contributed by atoms with Crippen LogP contribution in [-0.2, 0) is 0 Å². The van der Waals surface area contributed by atoms with E-state index >= 15 is 0 Å². The number of rotatable bonds is 2. The van der Waals surface area contributed by atoms with Crippen LogP contribution in [0.25, 0.3) is 5.88 Å². The molecule has 0 saturated carbocycles. The van der Waals surface area contributed by atoms with E-state index in [0.29, 0.717) is 17.9 Å². The molecule has 2 heterocycles. The van der Waals surface area contributed by atoms with Crippen molar-refractivity contribution < 1.29 is 9.21 Å². The molecule has 0 fully saturated rings. The van der Waals surface area contributed by atoms with Gasteiger partial charge in [0.2, 0.25) is 5.88 Å². The molecule has 2 aromatic heterocycles. The van der Waals surface area contributed by atoms with Crippen molar-refractivity contribution in [3.05, 3.63) is 30.5 Å². The van der Waals surface area contributed by atoms with Crippen LogP contribution in [-0.4, -0.2) is 21.1 Å². The largest absolute Gasteiger partial charge is 0.437 e. The average Bonchev–Trinajstić information content (AvgIpc) is 2.75. The molecule has 0 aliphatic carbocycles. The first-order valence-electron chi connectivity index (χ1n) is 3.30. The van der Waals surface area contributed by atoms with Gasteiger partial charge in [0.15, 0.2) is 12.0 Å². The lowest BCUT2D eigenvalue weighted by atomic mass is 10.5. The second-order valence-corrected chi connectivity index (χ2v) is 2.16. The third-order valence-electron chi connectivity index (χ3n) is 1.40. The summed E-state index contributed by atoms with van der Waals surface area (Å²) in [6, 6.07) is 3.26. The highest BCUT2D eigenvalue weighted by Crippen LogP contribution is 2.09. The highest BCUT2D eigenvalue weighted by atomic mass is 16.4. The summed E-state index contributed by atoms with van der Waals surface area (Å²) in [4.78, 5) is 10.3. The van der Waals surface area contributed by atoms with E-state index in [4.69, 9.17) is 4.42 Å². The molecule has 0 unspecified atom stereocenters. The van der Waals surface area contributed by atoms with Crippen molar-refractivity contribution in [1.82, 2.24) is 14.8 Å². The molecule has 0 aliphatic rings. The van der Waals surface area contributed by atoms with Crippen molar-refractivity contribution in [2.45, 2.75) is 0 Å². The quantitative estimate of drug-likeness (QED) is 0.610. The molecule has 0 spiro atoms. The number of hydrogen-bond donors (Lipinski definition) is 0. The van der Waals surface area contributed by atoms with Crippen LogP contribution in [0, 0.1) is 0 Å². The summed E-state index contributed by atoms with van der Waals surface area (Å²) >= 11 is 0. The number of furan rings is 1. The first-order valence-corrected chi connectivity index (χ1v) is 3.30. The number of aldehydes is 1. The van der Waals surface area contributed by atoms with Crippen molar-refractivity contribution in [2.75, 3.05) is 0 Å². The van der Waals surface area contributed by atoms with Gasteiger partial charge in [-0.1, -0.05) is 0 Å². The van der Waals surface area contributed by atoms with E-state index in [-0.39, 0.29) is 0 Å². The zero-order chi connectivity index (χ0) is 8.39. The van der Waals surface area contributed by atoms with Crippen molar-refractivity contribution in [1.29, 1.82) is 0 Å². The molecule has 5 nitrogen and oxygen atoms in total. The van der Waals surface area contributed by atoms with Gasteiger partial charge in [-0.05, 0) is 6.07 Å². The maximum absolute atomic E-state index is 10.3. The summed E-state index contributed by atoms with van der Waals surface area (Å²) in [7, 11) is 0. The molecule has 0 N–H and O–H groups in total. The molecule has 0 aliphatic heterocycles. The Morgan fingerprint density at radius 1 is 1.33 bits per heavy atom. The minimum absolute atomic E-state index is 0.290. The minimum Gasteiger partial charge on any atom is -0.437 e. The Hall–Kier alpha value is -1.91. The van der Waals surface area contributed by atoms with Crippen LogP contribution in [0.15, 0.2) is 29.2 Å². The fourth-order valence-electron chi connectivity index (χ4n) is 0.859.